The quantitative estimate of drug-likeness (QED) is 0.848. The summed E-state index contributed by atoms with van der Waals surface area (Å²) in [6, 6.07) is 5.26. The molecule has 0 bridgehead atoms. The van der Waals surface area contributed by atoms with Gasteiger partial charge in [0.15, 0.2) is 0 Å². The first kappa shape index (κ1) is 10.8. The fourth-order valence-electron chi connectivity index (χ4n) is 2.43. The summed E-state index contributed by atoms with van der Waals surface area (Å²) in [7, 11) is 0. The molecule has 2 aromatic heterocycles. The van der Waals surface area contributed by atoms with Crippen molar-refractivity contribution in [1.82, 2.24) is 5.32 Å². The van der Waals surface area contributed by atoms with Crippen molar-refractivity contribution >= 4 is 32.1 Å². The van der Waals surface area contributed by atoms with E-state index in [4.69, 9.17) is 0 Å². The van der Waals surface area contributed by atoms with Crippen molar-refractivity contribution in [1.29, 1.82) is 0 Å². The Morgan fingerprint density at radius 1 is 1.44 bits per heavy atom. The molecular formula is C13H17NS2. The largest absolute Gasteiger partial charge is 0.309 e. The van der Waals surface area contributed by atoms with Crippen molar-refractivity contribution in [2.45, 2.75) is 32.2 Å². The van der Waals surface area contributed by atoms with Gasteiger partial charge < -0.3 is 5.32 Å². The van der Waals surface area contributed by atoms with Crippen molar-refractivity contribution in [3.63, 3.8) is 0 Å². The number of hydrogen-bond donors (Lipinski definition) is 1. The fourth-order valence-corrected chi connectivity index (χ4v) is 4.72. The van der Waals surface area contributed by atoms with Gasteiger partial charge in [-0.1, -0.05) is 13.3 Å². The van der Waals surface area contributed by atoms with E-state index in [0.29, 0.717) is 6.04 Å². The second-order valence-corrected chi connectivity index (χ2v) is 6.59. The maximum absolute atomic E-state index is 3.67. The summed E-state index contributed by atoms with van der Waals surface area (Å²) >= 11 is 3.84. The van der Waals surface area contributed by atoms with Crippen LogP contribution < -0.4 is 5.32 Å². The third kappa shape index (κ3) is 1.81. The molecule has 1 aliphatic rings. The van der Waals surface area contributed by atoms with Gasteiger partial charge in [-0.25, -0.2) is 0 Å². The monoisotopic (exact) mass is 251 g/mol. The van der Waals surface area contributed by atoms with E-state index in [-0.39, 0.29) is 0 Å². The summed E-state index contributed by atoms with van der Waals surface area (Å²) in [5, 5.41) is 5.86. The molecule has 3 rings (SSSR count). The molecule has 0 saturated heterocycles. The van der Waals surface area contributed by atoms with E-state index in [1.54, 1.807) is 4.88 Å². The molecule has 0 radical (unpaired) electrons. The molecule has 1 aliphatic carbocycles. The Bertz CT molecular complexity index is 438. The molecule has 0 aliphatic heterocycles. The van der Waals surface area contributed by atoms with Crippen molar-refractivity contribution in [3.05, 3.63) is 22.4 Å². The summed E-state index contributed by atoms with van der Waals surface area (Å²) in [6.07, 6.45) is 4.23. The number of hydrogen-bond acceptors (Lipinski definition) is 3. The number of fused-ring (bicyclic) bond motifs is 1. The standard InChI is InChI=1S/C13H17NS2/c1-2-14-13(9-4-3-5-9)12-8-11-10(16-12)6-7-15-11/h6-9,13-14H,2-5H2,1H3. The molecule has 1 fully saturated rings. The van der Waals surface area contributed by atoms with Gasteiger partial charge in [0.2, 0.25) is 0 Å². The van der Waals surface area contributed by atoms with Gasteiger partial charge in [0.1, 0.15) is 0 Å². The Labute approximate surface area is 104 Å². The van der Waals surface area contributed by atoms with Crippen LogP contribution in [0.4, 0.5) is 0 Å². The van der Waals surface area contributed by atoms with Gasteiger partial charge in [0, 0.05) is 20.3 Å². The Morgan fingerprint density at radius 2 is 2.31 bits per heavy atom. The van der Waals surface area contributed by atoms with Gasteiger partial charge in [-0.3, -0.25) is 0 Å². The summed E-state index contributed by atoms with van der Waals surface area (Å²) in [5.41, 5.74) is 0. The molecule has 3 heteroatoms. The van der Waals surface area contributed by atoms with Gasteiger partial charge in [-0.15, -0.1) is 22.7 Å². The van der Waals surface area contributed by atoms with Crippen LogP contribution in [0.15, 0.2) is 17.5 Å². The van der Waals surface area contributed by atoms with Gasteiger partial charge in [-0.2, -0.15) is 0 Å². The highest BCUT2D eigenvalue weighted by molar-refractivity contribution is 7.26. The summed E-state index contributed by atoms with van der Waals surface area (Å²) in [5.74, 6) is 0.882. The first-order valence-corrected chi connectivity index (χ1v) is 7.78. The molecule has 1 N–H and O–H groups in total. The maximum Gasteiger partial charge on any atom is 0.0454 e. The van der Waals surface area contributed by atoms with Gasteiger partial charge in [0.05, 0.1) is 0 Å². The van der Waals surface area contributed by atoms with Crippen molar-refractivity contribution < 1.29 is 0 Å². The van der Waals surface area contributed by atoms with Crippen LogP contribution in [0.3, 0.4) is 0 Å². The van der Waals surface area contributed by atoms with E-state index in [0.717, 1.165) is 12.5 Å². The fraction of sp³-hybridized carbons (Fsp3) is 0.538. The molecule has 86 valence electrons. The highest BCUT2D eigenvalue weighted by atomic mass is 32.1. The van der Waals surface area contributed by atoms with Crippen LogP contribution in [0.5, 0.6) is 0 Å². The second kappa shape index (κ2) is 4.47. The highest BCUT2D eigenvalue weighted by Gasteiger charge is 2.29. The number of thiophene rings is 2. The predicted molar refractivity (Wildman–Crippen MR) is 73.5 cm³/mol. The van der Waals surface area contributed by atoms with Crippen LogP contribution in [0.2, 0.25) is 0 Å². The molecule has 2 aromatic rings. The maximum atomic E-state index is 3.67. The van der Waals surface area contributed by atoms with Crippen LogP contribution in [-0.2, 0) is 0 Å². The zero-order valence-corrected chi connectivity index (χ0v) is 11.2. The first-order valence-electron chi connectivity index (χ1n) is 6.09. The normalized spacial score (nSPS) is 18.8. The third-order valence-electron chi connectivity index (χ3n) is 3.51. The average Bonchev–Trinajstić information content (AvgIpc) is 2.72. The van der Waals surface area contributed by atoms with E-state index < -0.39 is 0 Å². The Hall–Kier alpha value is -0.380. The zero-order chi connectivity index (χ0) is 11.0. The van der Waals surface area contributed by atoms with Crippen molar-refractivity contribution in [2.24, 2.45) is 5.92 Å². The lowest BCUT2D eigenvalue weighted by Crippen LogP contribution is -2.31. The lowest BCUT2D eigenvalue weighted by molar-refractivity contribution is 0.236. The zero-order valence-electron chi connectivity index (χ0n) is 9.53. The lowest BCUT2D eigenvalue weighted by atomic mass is 9.79. The first-order chi connectivity index (χ1) is 7.88. The molecule has 0 spiro atoms. The lowest BCUT2D eigenvalue weighted by Gasteiger charge is -2.33. The van der Waals surface area contributed by atoms with Crippen LogP contribution in [-0.4, -0.2) is 6.54 Å². The Balaban J connectivity index is 1.89. The van der Waals surface area contributed by atoms with Gasteiger partial charge in [-0.05, 0) is 42.8 Å². The highest BCUT2D eigenvalue weighted by Crippen LogP contribution is 2.42. The van der Waals surface area contributed by atoms with Crippen LogP contribution in [0, 0.1) is 5.92 Å². The van der Waals surface area contributed by atoms with E-state index in [1.165, 1.54) is 28.7 Å². The Morgan fingerprint density at radius 3 is 2.94 bits per heavy atom. The van der Waals surface area contributed by atoms with Gasteiger partial charge >= 0.3 is 0 Å². The smallest absolute Gasteiger partial charge is 0.0454 e. The van der Waals surface area contributed by atoms with E-state index >= 15 is 0 Å². The van der Waals surface area contributed by atoms with Crippen LogP contribution in [0.25, 0.3) is 9.40 Å². The molecular weight excluding hydrogens is 234 g/mol. The molecule has 1 unspecified atom stereocenters. The number of nitrogens with one attached hydrogen (secondary N) is 1. The third-order valence-corrected chi connectivity index (χ3v) is 5.69. The minimum atomic E-state index is 0.614. The molecule has 0 aromatic carbocycles. The van der Waals surface area contributed by atoms with E-state index in [9.17, 15) is 0 Å². The van der Waals surface area contributed by atoms with E-state index in [1.807, 2.05) is 22.7 Å². The predicted octanol–water partition coefficient (Wildman–Crippen LogP) is 4.41. The number of rotatable bonds is 4. The topological polar surface area (TPSA) is 12.0 Å². The van der Waals surface area contributed by atoms with Crippen molar-refractivity contribution in [2.75, 3.05) is 6.54 Å². The molecule has 1 atom stereocenters. The minimum absolute atomic E-state index is 0.614. The van der Waals surface area contributed by atoms with Gasteiger partial charge in [0.25, 0.3) is 0 Å². The summed E-state index contributed by atoms with van der Waals surface area (Å²) in [4.78, 5) is 1.55. The molecule has 16 heavy (non-hydrogen) atoms. The minimum Gasteiger partial charge on any atom is -0.309 e. The average molecular weight is 251 g/mol. The van der Waals surface area contributed by atoms with Crippen LogP contribution >= 0.6 is 22.7 Å². The SMILES string of the molecule is CCNC(c1cc2sccc2s1)C1CCC1. The van der Waals surface area contributed by atoms with Crippen molar-refractivity contribution in [3.8, 4) is 0 Å². The summed E-state index contributed by atoms with van der Waals surface area (Å²) in [6.45, 7) is 3.29. The summed E-state index contributed by atoms with van der Waals surface area (Å²) < 4.78 is 2.92. The molecule has 0 amide bonds. The van der Waals surface area contributed by atoms with E-state index in [2.05, 4.69) is 29.8 Å². The molecule has 1 saturated carbocycles. The second-order valence-electron chi connectivity index (χ2n) is 4.52. The van der Waals surface area contributed by atoms with Crippen LogP contribution in [0.1, 0.15) is 37.1 Å². The molecule has 2 heterocycles. The molecule has 1 nitrogen and oxygen atoms in total. The Kier molecular flexibility index (Phi) is 3.01.